The van der Waals surface area contributed by atoms with Crippen molar-refractivity contribution in [1.29, 1.82) is 0 Å². The fourth-order valence-electron chi connectivity index (χ4n) is 1.75. The Morgan fingerprint density at radius 1 is 1.42 bits per heavy atom. The lowest BCUT2D eigenvalue weighted by Gasteiger charge is -2.18. The zero-order valence-corrected chi connectivity index (χ0v) is 13.1. The van der Waals surface area contributed by atoms with Gasteiger partial charge >= 0.3 is 0 Å². The van der Waals surface area contributed by atoms with Gasteiger partial charge in [0.05, 0.1) is 4.90 Å². The topological polar surface area (TPSA) is 75.4 Å². The molecule has 0 saturated carbocycles. The Morgan fingerprint density at radius 3 is 2.47 bits per heavy atom. The third-order valence-corrected chi connectivity index (χ3v) is 4.63. The number of nitrogens with two attached hydrogens (primary N) is 1. The van der Waals surface area contributed by atoms with E-state index in [4.69, 9.17) is 17.3 Å². The van der Waals surface area contributed by atoms with Crippen LogP contribution in [-0.4, -0.2) is 40.0 Å². The third kappa shape index (κ3) is 4.35. The van der Waals surface area contributed by atoms with E-state index in [1.54, 1.807) is 13.8 Å². The molecule has 0 saturated heterocycles. The van der Waals surface area contributed by atoms with Gasteiger partial charge in [0.2, 0.25) is 10.0 Å². The second-order valence-electron chi connectivity index (χ2n) is 4.90. The van der Waals surface area contributed by atoms with Gasteiger partial charge in [-0.05, 0) is 45.6 Å². The molecule has 0 radical (unpaired) electrons. The summed E-state index contributed by atoms with van der Waals surface area (Å²) < 4.78 is 27.0. The SMILES string of the molecule is Cc1c(N)cc(S(=O)(=O)NC(C)CN(C)C)cc1Cl. The van der Waals surface area contributed by atoms with Gasteiger partial charge in [-0.3, -0.25) is 0 Å². The molecule has 0 aliphatic heterocycles. The standard InChI is InChI=1S/C12H20ClN3O2S/c1-8(7-16(3)4)15-19(17,18)10-5-11(13)9(2)12(14)6-10/h5-6,8,15H,7,14H2,1-4H3. The number of likely N-dealkylation sites (N-methyl/N-ethyl adjacent to an activating group) is 1. The van der Waals surface area contributed by atoms with Gasteiger partial charge in [0, 0.05) is 23.3 Å². The van der Waals surface area contributed by atoms with Gasteiger partial charge in [-0.15, -0.1) is 0 Å². The third-order valence-electron chi connectivity index (χ3n) is 2.66. The molecule has 1 rings (SSSR count). The lowest BCUT2D eigenvalue weighted by molar-refractivity contribution is 0.370. The average Bonchev–Trinajstić information content (AvgIpc) is 2.22. The van der Waals surface area contributed by atoms with Crippen molar-refractivity contribution in [3.05, 3.63) is 22.7 Å². The molecule has 0 amide bonds. The highest BCUT2D eigenvalue weighted by molar-refractivity contribution is 7.89. The van der Waals surface area contributed by atoms with Gasteiger partial charge in [-0.2, -0.15) is 0 Å². The van der Waals surface area contributed by atoms with E-state index in [0.29, 0.717) is 22.8 Å². The van der Waals surface area contributed by atoms with Gasteiger partial charge in [0.15, 0.2) is 0 Å². The van der Waals surface area contributed by atoms with E-state index in [1.807, 2.05) is 19.0 Å². The Balaban J connectivity index is 3.01. The first-order valence-electron chi connectivity index (χ1n) is 5.86. The van der Waals surface area contributed by atoms with Gasteiger partial charge < -0.3 is 10.6 Å². The molecular formula is C12H20ClN3O2S. The van der Waals surface area contributed by atoms with Crippen molar-refractivity contribution in [2.75, 3.05) is 26.4 Å². The van der Waals surface area contributed by atoms with E-state index in [9.17, 15) is 8.42 Å². The first-order chi connectivity index (χ1) is 8.63. The summed E-state index contributed by atoms with van der Waals surface area (Å²) in [6, 6.07) is 2.63. The number of anilines is 1. The monoisotopic (exact) mass is 305 g/mol. The molecule has 7 heteroatoms. The van der Waals surface area contributed by atoms with E-state index in [1.165, 1.54) is 12.1 Å². The van der Waals surface area contributed by atoms with Crippen LogP contribution < -0.4 is 10.5 Å². The number of halogens is 1. The fraction of sp³-hybridized carbons (Fsp3) is 0.500. The number of benzene rings is 1. The molecule has 0 heterocycles. The molecule has 0 aliphatic rings. The summed E-state index contributed by atoms with van der Waals surface area (Å²) in [5.74, 6) is 0. The normalized spacial score (nSPS) is 13.8. The smallest absolute Gasteiger partial charge is 0.240 e. The highest BCUT2D eigenvalue weighted by atomic mass is 35.5. The van der Waals surface area contributed by atoms with E-state index in [2.05, 4.69) is 4.72 Å². The fourth-order valence-corrected chi connectivity index (χ4v) is 3.33. The van der Waals surface area contributed by atoms with Crippen molar-refractivity contribution >= 4 is 27.3 Å². The molecule has 108 valence electrons. The molecule has 5 nitrogen and oxygen atoms in total. The quantitative estimate of drug-likeness (QED) is 0.808. The van der Waals surface area contributed by atoms with Crippen LogP contribution in [0.2, 0.25) is 5.02 Å². The maximum Gasteiger partial charge on any atom is 0.240 e. The maximum absolute atomic E-state index is 12.2. The average molecular weight is 306 g/mol. The molecule has 19 heavy (non-hydrogen) atoms. The van der Waals surface area contributed by atoms with Crippen LogP contribution in [0.1, 0.15) is 12.5 Å². The second kappa shape index (κ2) is 6.09. The minimum atomic E-state index is -3.61. The molecule has 0 fully saturated rings. The summed E-state index contributed by atoms with van der Waals surface area (Å²) in [6.07, 6.45) is 0. The Kier molecular flexibility index (Phi) is 5.20. The van der Waals surface area contributed by atoms with Crippen molar-refractivity contribution < 1.29 is 8.42 Å². The van der Waals surface area contributed by atoms with Gasteiger partial charge in [0.25, 0.3) is 0 Å². The molecule has 1 unspecified atom stereocenters. The highest BCUT2D eigenvalue weighted by Crippen LogP contribution is 2.25. The number of nitrogen functional groups attached to an aromatic ring is 1. The van der Waals surface area contributed by atoms with Crippen molar-refractivity contribution in [2.24, 2.45) is 0 Å². The van der Waals surface area contributed by atoms with E-state index in [0.717, 1.165) is 0 Å². The Hall–Kier alpha value is -0.820. The Labute approximate surface area is 119 Å². The second-order valence-corrected chi connectivity index (χ2v) is 7.03. The molecule has 1 aromatic rings. The van der Waals surface area contributed by atoms with Crippen LogP contribution in [-0.2, 0) is 10.0 Å². The minimum Gasteiger partial charge on any atom is -0.398 e. The summed E-state index contributed by atoms with van der Waals surface area (Å²) in [7, 11) is 0.153. The molecule has 0 spiro atoms. The Morgan fingerprint density at radius 2 is 2.00 bits per heavy atom. The first kappa shape index (κ1) is 16.2. The van der Waals surface area contributed by atoms with Crippen LogP contribution >= 0.6 is 11.6 Å². The van der Waals surface area contributed by atoms with E-state index >= 15 is 0 Å². The predicted octanol–water partition coefficient (Wildman–Crippen LogP) is 1.46. The largest absolute Gasteiger partial charge is 0.398 e. The Bertz CT molecular complexity index is 535. The molecule has 0 bridgehead atoms. The number of hydrogen-bond acceptors (Lipinski definition) is 4. The lowest BCUT2D eigenvalue weighted by atomic mass is 10.2. The van der Waals surface area contributed by atoms with Gasteiger partial charge in [-0.1, -0.05) is 11.6 Å². The molecule has 3 N–H and O–H groups in total. The number of hydrogen-bond donors (Lipinski definition) is 2. The molecule has 1 atom stereocenters. The highest BCUT2D eigenvalue weighted by Gasteiger charge is 2.19. The number of nitrogens with zero attached hydrogens (tertiary/aromatic N) is 1. The van der Waals surface area contributed by atoms with Crippen LogP contribution in [0.5, 0.6) is 0 Å². The molecule has 1 aromatic carbocycles. The van der Waals surface area contributed by atoms with Crippen LogP contribution in [0.4, 0.5) is 5.69 Å². The summed E-state index contributed by atoms with van der Waals surface area (Å²) in [5.41, 5.74) is 6.80. The number of sulfonamides is 1. The van der Waals surface area contributed by atoms with Crippen molar-refractivity contribution in [3.8, 4) is 0 Å². The minimum absolute atomic E-state index is 0.0891. The predicted molar refractivity (Wildman–Crippen MR) is 78.9 cm³/mol. The van der Waals surface area contributed by atoms with Gasteiger partial charge in [-0.25, -0.2) is 13.1 Å². The van der Waals surface area contributed by atoms with E-state index < -0.39 is 10.0 Å². The summed E-state index contributed by atoms with van der Waals surface area (Å²) >= 11 is 5.97. The number of rotatable bonds is 5. The number of nitrogens with one attached hydrogen (secondary N) is 1. The van der Waals surface area contributed by atoms with Crippen molar-refractivity contribution in [2.45, 2.75) is 24.8 Å². The van der Waals surface area contributed by atoms with Gasteiger partial charge in [0.1, 0.15) is 0 Å². The maximum atomic E-state index is 12.2. The van der Waals surface area contributed by atoms with Crippen molar-refractivity contribution in [1.82, 2.24) is 9.62 Å². The molecular weight excluding hydrogens is 286 g/mol. The van der Waals surface area contributed by atoms with Crippen LogP contribution in [0, 0.1) is 6.92 Å². The van der Waals surface area contributed by atoms with Crippen LogP contribution in [0.25, 0.3) is 0 Å². The summed E-state index contributed by atoms with van der Waals surface area (Å²) in [5, 5.41) is 0.348. The van der Waals surface area contributed by atoms with Crippen LogP contribution in [0.3, 0.4) is 0 Å². The molecule has 0 aliphatic carbocycles. The van der Waals surface area contributed by atoms with Crippen LogP contribution in [0.15, 0.2) is 17.0 Å². The zero-order chi connectivity index (χ0) is 14.8. The lowest BCUT2D eigenvalue weighted by Crippen LogP contribution is -2.39. The summed E-state index contributed by atoms with van der Waals surface area (Å²) in [6.45, 7) is 4.15. The zero-order valence-electron chi connectivity index (χ0n) is 11.6. The summed E-state index contributed by atoms with van der Waals surface area (Å²) in [4.78, 5) is 2.00. The first-order valence-corrected chi connectivity index (χ1v) is 7.72. The van der Waals surface area contributed by atoms with E-state index in [-0.39, 0.29) is 10.9 Å². The molecule has 0 aromatic heterocycles. The van der Waals surface area contributed by atoms with Crippen molar-refractivity contribution in [3.63, 3.8) is 0 Å².